The Kier molecular flexibility index (Phi) is 7.00. The molecule has 1 fully saturated rings. The van der Waals surface area contributed by atoms with Crippen molar-refractivity contribution in [2.75, 3.05) is 5.73 Å². The highest BCUT2D eigenvalue weighted by molar-refractivity contribution is 6.37. The Hall–Kier alpha value is -4.12. The van der Waals surface area contributed by atoms with E-state index in [0.29, 0.717) is 35.1 Å². The molecule has 2 heterocycles. The van der Waals surface area contributed by atoms with Gasteiger partial charge in [0.05, 0.1) is 41.5 Å². The van der Waals surface area contributed by atoms with Crippen molar-refractivity contribution in [3.8, 4) is 17.3 Å². The molecule has 4 N–H and O–H groups in total. The molecular formula is C25H26N8. The van der Waals surface area contributed by atoms with Gasteiger partial charge in [-0.2, -0.15) is 10.4 Å². The summed E-state index contributed by atoms with van der Waals surface area (Å²) in [6.45, 7) is 0.414. The van der Waals surface area contributed by atoms with Gasteiger partial charge in [-0.05, 0) is 43.2 Å². The van der Waals surface area contributed by atoms with E-state index in [1.165, 1.54) is 32.1 Å². The molecule has 1 saturated carbocycles. The average Bonchev–Trinajstić information content (AvgIpc) is 2.87. The molecule has 166 valence electrons. The van der Waals surface area contributed by atoms with Gasteiger partial charge < -0.3 is 11.6 Å². The van der Waals surface area contributed by atoms with E-state index >= 15 is 0 Å². The van der Waals surface area contributed by atoms with Crippen LogP contribution in [0.25, 0.3) is 11.3 Å². The van der Waals surface area contributed by atoms with Crippen LogP contribution < -0.4 is 11.6 Å². The second-order valence-electron chi connectivity index (χ2n) is 8.06. The normalized spacial score (nSPS) is 14.9. The number of nitrogens with zero attached hydrogens (tertiary/aromatic N) is 6. The van der Waals surface area contributed by atoms with E-state index in [1.807, 2.05) is 18.2 Å². The first-order chi connectivity index (χ1) is 16.2. The van der Waals surface area contributed by atoms with Crippen molar-refractivity contribution < 1.29 is 0 Å². The Morgan fingerprint density at radius 3 is 2.67 bits per heavy atom. The molecule has 2 aromatic heterocycles. The number of hydrogen-bond donors (Lipinski definition) is 2. The molecule has 1 aliphatic rings. The van der Waals surface area contributed by atoms with Crippen molar-refractivity contribution in [2.24, 2.45) is 15.9 Å². The molecule has 0 spiro atoms. The average molecular weight is 439 g/mol. The third kappa shape index (κ3) is 5.57. The second-order valence-corrected chi connectivity index (χ2v) is 8.06. The SMILES string of the molecule is N#Cc1cccc(-c2cc(C(C=NCc3cccc(C4CCCCC4)n3)=NN)nc(N)n2)c1. The number of hydrogen-bond acceptors (Lipinski definition) is 8. The van der Waals surface area contributed by atoms with Crippen LogP contribution in [-0.4, -0.2) is 26.9 Å². The molecule has 0 unspecified atom stereocenters. The number of benzene rings is 1. The first kappa shape index (κ1) is 22.1. The van der Waals surface area contributed by atoms with Crippen molar-refractivity contribution in [3.63, 3.8) is 0 Å². The Balaban J connectivity index is 1.51. The van der Waals surface area contributed by atoms with Crippen LogP contribution in [0.15, 0.2) is 58.6 Å². The summed E-state index contributed by atoms with van der Waals surface area (Å²) in [5.74, 6) is 6.26. The molecule has 0 aliphatic heterocycles. The van der Waals surface area contributed by atoms with Gasteiger partial charge in [0.1, 0.15) is 5.71 Å². The number of anilines is 1. The quantitative estimate of drug-likeness (QED) is 0.339. The number of nitrogens with two attached hydrogens (primary N) is 2. The fourth-order valence-electron chi connectivity index (χ4n) is 4.10. The van der Waals surface area contributed by atoms with Crippen molar-refractivity contribution >= 4 is 17.9 Å². The molecule has 33 heavy (non-hydrogen) atoms. The van der Waals surface area contributed by atoms with Crippen molar-refractivity contribution in [1.82, 2.24) is 15.0 Å². The van der Waals surface area contributed by atoms with Crippen molar-refractivity contribution in [3.05, 3.63) is 71.2 Å². The maximum absolute atomic E-state index is 9.16. The van der Waals surface area contributed by atoms with Gasteiger partial charge in [-0.3, -0.25) is 9.98 Å². The summed E-state index contributed by atoms with van der Waals surface area (Å²) < 4.78 is 0. The van der Waals surface area contributed by atoms with E-state index in [1.54, 1.807) is 30.5 Å². The minimum absolute atomic E-state index is 0.0845. The van der Waals surface area contributed by atoms with Crippen LogP contribution in [0.4, 0.5) is 5.95 Å². The molecule has 0 saturated heterocycles. The number of rotatable bonds is 6. The van der Waals surface area contributed by atoms with E-state index in [-0.39, 0.29) is 5.95 Å². The lowest BCUT2D eigenvalue weighted by Crippen LogP contribution is -2.12. The van der Waals surface area contributed by atoms with Crippen molar-refractivity contribution in [2.45, 2.75) is 44.6 Å². The number of nitrogen functional groups attached to an aromatic ring is 1. The van der Waals surface area contributed by atoms with Gasteiger partial charge in [0.2, 0.25) is 5.95 Å². The van der Waals surface area contributed by atoms with Gasteiger partial charge in [0.25, 0.3) is 0 Å². The van der Waals surface area contributed by atoms with E-state index < -0.39 is 0 Å². The number of aliphatic imine (C=N–C) groups is 1. The van der Waals surface area contributed by atoms with Gasteiger partial charge in [0, 0.05) is 17.2 Å². The first-order valence-electron chi connectivity index (χ1n) is 11.1. The highest BCUT2D eigenvalue weighted by Gasteiger charge is 2.16. The van der Waals surface area contributed by atoms with E-state index in [2.05, 4.69) is 32.2 Å². The largest absolute Gasteiger partial charge is 0.368 e. The third-order valence-corrected chi connectivity index (χ3v) is 5.75. The zero-order valence-corrected chi connectivity index (χ0v) is 18.4. The Bertz CT molecular complexity index is 1220. The number of aromatic nitrogens is 3. The van der Waals surface area contributed by atoms with Gasteiger partial charge >= 0.3 is 0 Å². The second kappa shape index (κ2) is 10.5. The van der Waals surface area contributed by atoms with E-state index in [0.717, 1.165) is 17.0 Å². The lowest BCUT2D eigenvalue weighted by Gasteiger charge is -2.21. The van der Waals surface area contributed by atoms with Gasteiger partial charge in [-0.15, -0.1) is 0 Å². The minimum atomic E-state index is 0.0845. The predicted octanol–water partition coefficient (Wildman–Crippen LogP) is 3.97. The minimum Gasteiger partial charge on any atom is -0.368 e. The molecule has 0 bridgehead atoms. The maximum Gasteiger partial charge on any atom is 0.221 e. The molecule has 1 aliphatic carbocycles. The fraction of sp³-hybridized carbons (Fsp3) is 0.280. The highest BCUT2D eigenvalue weighted by Crippen LogP contribution is 2.31. The Labute approximate surface area is 193 Å². The maximum atomic E-state index is 9.16. The Morgan fingerprint density at radius 1 is 1.06 bits per heavy atom. The summed E-state index contributed by atoms with van der Waals surface area (Å²) in [5.41, 5.74) is 10.7. The van der Waals surface area contributed by atoms with Crippen LogP contribution in [0.2, 0.25) is 0 Å². The molecule has 0 atom stereocenters. The van der Waals surface area contributed by atoms with Crippen LogP contribution in [0, 0.1) is 11.3 Å². The molecule has 0 radical (unpaired) electrons. The van der Waals surface area contributed by atoms with Crippen LogP contribution in [0.1, 0.15) is 60.7 Å². The van der Waals surface area contributed by atoms with Gasteiger partial charge in [0.15, 0.2) is 0 Å². The molecule has 8 heteroatoms. The predicted molar refractivity (Wildman–Crippen MR) is 130 cm³/mol. The van der Waals surface area contributed by atoms with Crippen LogP contribution >= 0.6 is 0 Å². The lowest BCUT2D eigenvalue weighted by atomic mass is 9.86. The van der Waals surface area contributed by atoms with Crippen LogP contribution in [0.5, 0.6) is 0 Å². The lowest BCUT2D eigenvalue weighted by molar-refractivity contribution is 0.436. The number of nitriles is 1. The molecule has 8 nitrogen and oxygen atoms in total. The number of hydrazone groups is 1. The molecule has 3 aromatic rings. The summed E-state index contributed by atoms with van der Waals surface area (Å²) in [6, 6.07) is 17.1. The molecule has 0 amide bonds. The van der Waals surface area contributed by atoms with Crippen molar-refractivity contribution in [1.29, 1.82) is 5.26 Å². The van der Waals surface area contributed by atoms with Crippen LogP contribution in [-0.2, 0) is 6.54 Å². The summed E-state index contributed by atoms with van der Waals surface area (Å²) in [7, 11) is 0. The monoisotopic (exact) mass is 438 g/mol. The van der Waals surface area contributed by atoms with E-state index in [9.17, 15) is 0 Å². The number of pyridine rings is 1. The summed E-state index contributed by atoms with van der Waals surface area (Å²) in [6.07, 6.45) is 7.86. The zero-order chi connectivity index (χ0) is 23.0. The summed E-state index contributed by atoms with van der Waals surface area (Å²) in [4.78, 5) is 17.9. The standard InChI is InChI=1S/C25H26N8/c26-14-17-6-4-9-19(12-17)22-13-23(32-25(27)31-22)24(33-28)16-29-15-20-10-5-11-21(30-20)18-7-2-1-3-8-18/h4-6,9-13,16,18H,1-3,7-8,15,28H2,(H2,27,31,32). The van der Waals surface area contributed by atoms with Crippen LogP contribution in [0.3, 0.4) is 0 Å². The first-order valence-corrected chi connectivity index (χ1v) is 11.1. The topological polar surface area (TPSA) is 139 Å². The third-order valence-electron chi connectivity index (χ3n) is 5.75. The fourth-order valence-corrected chi connectivity index (χ4v) is 4.10. The van der Waals surface area contributed by atoms with Gasteiger partial charge in [-0.25, -0.2) is 9.97 Å². The summed E-state index contributed by atoms with van der Waals surface area (Å²) in [5, 5.41) is 13.0. The van der Waals surface area contributed by atoms with E-state index in [4.69, 9.17) is 21.8 Å². The highest BCUT2D eigenvalue weighted by atomic mass is 15.1. The zero-order valence-electron chi connectivity index (χ0n) is 18.4. The van der Waals surface area contributed by atoms with Gasteiger partial charge in [-0.1, -0.05) is 37.5 Å². The molecule has 1 aromatic carbocycles. The summed E-state index contributed by atoms with van der Waals surface area (Å²) >= 11 is 0. The molecule has 4 rings (SSSR count). The Morgan fingerprint density at radius 2 is 1.88 bits per heavy atom. The molecular weight excluding hydrogens is 412 g/mol. The smallest absolute Gasteiger partial charge is 0.221 e.